The van der Waals surface area contributed by atoms with Gasteiger partial charge in [0.2, 0.25) is 0 Å². The van der Waals surface area contributed by atoms with Gasteiger partial charge in [-0.3, -0.25) is 4.90 Å². The fraction of sp³-hybridized carbons (Fsp3) is 0.778. The van der Waals surface area contributed by atoms with Crippen molar-refractivity contribution < 1.29 is 0 Å². The van der Waals surface area contributed by atoms with E-state index in [-0.39, 0.29) is 0 Å². The van der Waals surface area contributed by atoms with Crippen LogP contribution >= 0.6 is 23.2 Å². The summed E-state index contributed by atoms with van der Waals surface area (Å²) in [6.07, 6.45) is 0. The molecule has 3 nitrogen and oxygen atoms in total. The Bertz CT molecular complexity index is 208. The van der Waals surface area contributed by atoms with Crippen LogP contribution in [-0.2, 0) is 0 Å². The molecule has 1 aliphatic heterocycles. The van der Waals surface area contributed by atoms with Crippen LogP contribution in [-0.4, -0.2) is 55.6 Å². The number of rotatable bonds is 3. The number of piperazine rings is 1. The fourth-order valence-electron chi connectivity index (χ4n) is 1.71. The molecule has 14 heavy (non-hydrogen) atoms. The Labute approximate surface area is 95.4 Å². The first kappa shape index (κ1) is 12.3. The lowest BCUT2D eigenvalue weighted by atomic mass is 10.2. The van der Waals surface area contributed by atoms with Crippen LogP contribution < -0.4 is 5.73 Å². The molecule has 1 aliphatic rings. The van der Waals surface area contributed by atoms with E-state index in [1.54, 1.807) is 0 Å². The van der Waals surface area contributed by atoms with E-state index in [2.05, 4.69) is 16.8 Å². The maximum Gasteiger partial charge on any atom is 0.0434 e. The lowest BCUT2D eigenvalue weighted by Gasteiger charge is -2.39. The average Bonchev–Trinajstić information content (AvgIpc) is 2.20. The van der Waals surface area contributed by atoms with Crippen molar-refractivity contribution in [2.45, 2.75) is 6.04 Å². The second kappa shape index (κ2) is 5.93. The molecule has 0 spiro atoms. The molecular weight excluding hydrogens is 221 g/mol. The molecule has 0 aromatic carbocycles. The molecule has 1 unspecified atom stereocenters. The summed E-state index contributed by atoms with van der Waals surface area (Å²) in [5.74, 6) is 0. The summed E-state index contributed by atoms with van der Waals surface area (Å²) < 4.78 is 0. The van der Waals surface area contributed by atoms with Crippen molar-refractivity contribution in [3.63, 3.8) is 0 Å². The van der Waals surface area contributed by atoms with Gasteiger partial charge in [0.05, 0.1) is 0 Å². The Morgan fingerprint density at radius 2 is 2.29 bits per heavy atom. The van der Waals surface area contributed by atoms with Crippen molar-refractivity contribution in [3.05, 3.63) is 10.6 Å². The zero-order valence-corrected chi connectivity index (χ0v) is 9.93. The average molecular weight is 238 g/mol. The van der Waals surface area contributed by atoms with Gasteiger partial charge < -0.3 is 10.6 Å². The van der Waals surface area contributed by atoms with E-state index in [0.717, 1.165) is 19.6 Å². The van der Waals surface area contributed by atoms with Crippen LogP contribution in [0.3, 0.4) is 0 Å². The third kappa shape index (κ3) is 3.41. The summed E-state index contributed by atoms with van der Waals surface area (Å²) in [6, 6.07) is 0.388. The molecule has 1 fully saturated rings. The first-order chi connectivity index (χ1) is 6.67. The fourth-order valence-corrected chi connectivity index (χ4v) is 1.93. The van der Waals surface area contributed by atoms with Gasteiger partial charge in [0, 0.05) is 49.3 Å². The normalized spacial score (nSPS) is 26.9. The minimum Gasteiger partial charge on any atom is -0.329 e. The minimum atomic E-state index is 0.388. The maximum atomic E-state index is 5.89. The Kier molecular flexibility index (Phi) is 5.20. The van der Waals surface area contributed by atoms with Crippen LogP contribution in [0, 0.1) is 0 Å². The molecule has 82 valence electrons. The molecule has 0 amide bonds. The number of likely N-dealkylation sites (N-methyl/N-ethyl adjacent to an activating group) is 1. The van der Waals surface area contributed by atoms with Crippen molar-refractivity contribution in [2.75, 3.05) is 39.8 Å². The Balaban J connectivity index is 2.50. The van der Waals surface area contributed by atoms with E-state index >= 15 is 0 Å². The molecule has 0 aliphatic carbocycles. The van der Waals surface area contributed by atoms with E-state index in [1.807, 2.05) is 0 Å². The van der Waals surface area contributed by atoms with Crippen molar-refractivity contribution in [1.29, 1.82) is 0 Å². The van der Waals surface area contributed by atoms with Gasteiger partial charge in [-0.05, 0) is 7.05 Å². The molecule has 1 saturated heterocycles. The second-order valence-electron chi connectivity index (χ2n) is 3.68. The first-order valence-corrected chi connectivity index (χ1v) is 5.56. The summed E-state index contributed by atoms with van der Waals surface area (Å²) in [6.45, 7) is 4.43. The highest BCUT2D eigenvalue weighted by molar-refractivity contribution is 6.36. The van der Waals surface area contributed by atoms with E-state index in [9.17, 15) is 0 Å². The van der Waals surface area contributed by atoms with Gasteiger partial charge in [-0.1, -0.05) is 23.2 Å². The van der Waals surface area contributed by atoms with Crippen LogP contribution in [0.15, 0.2) is 10.6 Å². The summed E-state index contributed by atoms with van der Waals surface area (Å²) in [4.78, 5) is 4.56. The van der Waals surface area contributed by atoms with Crippen LogP contribution in [0.2, 0.25) is 0 Å². The van der Waals surface area contributed by atoms with Gasteiger partial charge in [-0.2, -0.15) is 0 Å². The number of hydrogen-bond donors (Lipinski definition) is 1. The summed E-state index contributed by atoms with van der Waals surface area (Å²) in [5.41, 5.74) is 7.13. The van der Waals surface area contributed by atoms with E-state index in [1.165, 1.54) is 5.54 Å². The highest BCUT2D eigenvalue weighted by Crippen LogP contribution is 2.12. The SMILES string of the molecule is CN1CCN(CC(Cl)=CCl)C(CN)C1. The molecule has 2 N–H and O–H groups in total. The van der Waals surface area contributed by atoms with Crippen LogP contribution in [0.25, 0.3) is 0 Å². The molecule has 0 bridgehead atoms. The van der Waals surface area contributed by atoms with Crippen molar-refractivity contribution >= 4 is 23.2 Å². The Morgan fingerprint density at radius 1 is 1.57 bits per heavy atom. The smallest absolute Gasteiger partial charge is 0.0434 e. The topological polar surface area (TPSA) is 32.5 Å². The van der Waals surface area contributed by atoms with Gasteiger partial charge in [-0.25, -0.2) is 0 Å². The summed E-state index contributed by atoms with van der Waals surface area (Å²) >= 11 is 11.4. The number of nitrogens with two attached hydrogens (primary N) is 1. The second-order valence-corrected chi connectivity index (χ2v) is 4.38. The molecule has 0 aromatic rings. The molecule has 1 rings (SSSR count). The summed E-state index contributed by atoms with van der Waals surface area (Å²) in [7, 11) is 2.11. The van der Waals surface area contributed by atoms with Crippen molar-refractivity contribution in [3.8, 4) is 0 Å². The van der Waals surface area contributed by atoms with Gasteiger partial charge >= 0.3 is 0 Å². The lowest BCUT2D eigenvalue weighted by molar-refractivity contribution is 0.105. The molecule has 1 atom stereocenters. The van der Waals surface area contributed by atoms with Gasteiger partial charge in [0.25, 0.3) is 0 Å². The molecule has 0 aromatic heterocycles. The van der Waals surface area contributed by atoms with Crippen LogP contribution in [0.5, 0.6) is 0 Å². The van der Waals surface area contributed by atoms with Crippen molar-refractivity contribution in [1.82, 2.24) is 9.80 Å². The quantitative estimate of drug-likeness (QED) is 0.792. The third-order valence-electron chi connectivity index (χ3n) is 2.55. The van der Waals surface area contributed by atoms with Gasteiger partial charge in [0.1, 0.15) is 0 Å². The summed E-state index contributed by atoms with van der Waals surface area (Å²) in [5, 5.41) is 0.676. The predicted molar refractivity (Wildman–Crippen MR) is 61.7 cm³/mol. The molecule has 1 heterocycles. The molecule has 0 radical (unpaired) electrons. The number of hydrogen-bond acceptors (Lipinski definition) is 3. The van der Waals surface area contributed by atoms with E-state index in [0.29, 0.717) is 24.2 Å². The van der Waals surface area contributed by atoms with E-state index < -0.39 is 0 Å². The van der Waals surface area contributed by atoms with Crippen LogP contribution in [0.4, 0.5) is 0 Å². The minimum absolute atomic E-state index is 0.388. The lowest BCUT2D eigenvalue weighted by Crippen LogP contribution is -2.54. The monoisotopic (exact) mass is 237 g/mol. The van der Waals surface area contributed by atoms with Gasteiger partial charge in [0.15, 0.2) is 0 Å². The first-order valence-electron chi connectivity index (χ1n) is 4.74. The van der Waals surface area contributed by atoms with Crippen molar-refractivity contribution in [2.24, 2.45) is 5.73 Å². The molecular formula is C9H17Cl2N3. The Morgan fingerprint density at radius 3 is 2.86 bits per heavy atom. The zero-order valence-electron chi connectivity index (χ0n) is 8.42. The maximum absolute atomic E-state index is 5.89. The number of halogens is 2. The highest BCUT2D eigenvalue weighted by atomic mass is 35.5. The zero-order chi connectivity index (χ0) is 10.6. The Hall–Kier alpha value is 0.200. The van der Waals surface area contributed by atoms with Gasteiger partial charge in [-0.15, -0.1) is 0 Å². The largest absolute Gasteiger partial charge is 0.329 e. The van der Waals surface area contributed by atoms with E-state index in [4.69, 9.17) is 28.9 Å². The molecule has 5 heteroatoms. The third-order valence-corrected chi connectivity index (χ3v) is 3.16. The number of nitrogens with zero attached hydrogens (tertiary/aromatic N) is 2. The molecule has 0 saturated carbocycles. The highest BCUT2D eigenvalue weighted by Gasteiger charge is 2.23. The predicted octanol–water partition coefficient (Wildman–Crippen LogP) is 0.880. The standard InChI is InChI=1S/C9H17Cl2N3/c1-13-2-3-14(6-8(11)4-10)9(5-12)7-13/h4,9H,2-3,5-7,12H2,1H3. The van der Waals surface area contributed by atoms with Crippen LogP contribution in [0.1, 0.15) is 0 Å².